The highest BCUT2D eigenvalue weighted by Gasteiger charge is 2.26. The lowest BCUT2D eigenvalue weighted by Gasteiger charge is -2.13. The number of hydrogen-bond donors (Lipinski definition) is 0. The van der Waals surface area contributed by atoms with Crippen LogP contribution in [0.15, 0.2) is 170 Å². The first kappa shape index (κ1) is 27.7. The Labute approximate surface area is 297 Å². The molecule has 0 aliphatic rings. The maximum atomic E-state index is 5.49. The summed E-state index contributed by atoms with van der Waals surface area (Å²) >= 11 is 0. The van der Waals surface area contributed by atoms with Gasteiger partial charge in [0.1, 0.15) is 5.82 Å². The van der Waals surface area contributed by atoms with Gasteiger partial charge in [-0.15, -0.1) is 0 Å². The van der Waals surface area contributed by atoms with Crippen LogP contribution in [0.1, 0.15) is 0 Å². The molecule has 0 aliphatic heterocycles. The van der Waals surface area contributed by atoms with Crippen LogP contribution >= 0.6 is 0 Å². The van der Waals surface area contributed by atoms with Crippen LogP contribution in [-0.4, -0.2) is 18.9 Å². The van der Waals surface area contributed by atoms with Crippen molar-refractivity contribution in [2.24, 2.45) is 0 Å². The van der Waals surface area contributed by atoms with E-state index in [1.54, 1.807) is 0 Å². The highest BCUT2D eigenvalue weighted by molar-refractivity contribution is 6.38. The van der Waals surface area contributed by atoms with Crippen LogP contribution < -0.4 is 0 Å². The second-order valence-electron chi connectivity index (χ2n) is 13.8. The molecule has 0 aliphatic carbocycles. The zero-order chi connectivity index (χ0) is 33.9. The number of benzene rings is 8. The molecule has 4 nitrogen and oxygen atoms in total. The van der Waals surface area contributed by atoms with E-state index in [4.69, 9.17) is 9.97 Å². The fourth-order valence-electron chi connectivity index (χ4n) is 8.80. The topological polar surface area (TPSA) is 35.1 Å². The second-order valence-corrected chi connectivity index (χ2v) is 13.8. The van der Waals surface area contributed by atoms with Gasteiger partial charge in [0.05, 0.1) is 33.1 Å². The van der Waals surface area contributed by atoms with E-state index in [1.165, 1.54) is 70.8 Å². The molecule has 0 saturated heterocycles. The highest BCUT2D eigenvalue weighted by atomic mass is 15.1. The van der Waals surface area contributed by atoms with Crippen molar-refractivity contribution >= 4 is 81.6 Å². The molecule has 0 unspecified atom stereocenters. The molecule has 240 valence electrons. The van der Waals surface area contributed by atoms with Gasteiger partial charge < -0.3 is 4.40 Å². The van der Waals surface area contributed by atoms with Crippen molar-refractivity contribution in [2.75, 3.05) is 0 Å². The van der Waals surface area contributed by atoms with Crippen LogP contribution in [0.3, 0.4) is 0 Å². The van der Waals surface area contributed by atoms with Gasteiger partial charge in [-0.2, -0.15) is 0 Å². The maximum absolute atomic E-state index is 5.49. The van der Waals surface area contributed by atoms with Crippen LogP contribution in [0.2, 0.25) is 0 Å². The Morgan fingerprint density at radius 1 is 0.365 bits per heavy atom. The first-order valence-electron chi connectivity index (χ1n) is 17.8. The minimum absolute atomic E-state index is 0.705. The second kappa shape index (κ2) is 10.3. The molecule has 0 bridgehead atoms. The minimum atomic E-state index is 0.705. The molecule has 52 heavy (non-hydrogen) atoms. The van der Waals surface area contributed by atoms with Crippen LogP contribution in [0.4, 0.5) is 0 Å². The number of fused-ring (bicyclic) bond motifs is 13. The highest BCUT2D eigenvalue weighted by Crippen LogP contribution is 2.48. The summed E-state index contributed by atoms with van der Waals surface area (Å²) in [5.41, 5.74) is 10.3. The minimum Gasteiger partial charge on any atom is -0.308 e. The standard InChI is InChI=1S/C48H28N4/c1-2-12-29(13-3-1)30-22-24-32(25-23-30)47-49-38-19-9-6-17-35(38)48(50-47)52-41-27-26-31-14-4-5-15-33(31)43(41)45-42(52)28-37-34-16-7-10-20-39(34)51-40-21-11-8-18-36(40)44(45)46(37)51/h1-28H. The van der Waals surface area contributed by atoms with Crippen LogP contribution in [0.25, 0.3) is 110 Å². The number of aromatic nitrogens is 4. The van der Waals surface area contributed by atoms with Gasteiger partial charge in [0.15, 0.2) is 5.82 Å². The van der Waals surface area contributed by atoms with E-state index in [9.17, 15) is 0 Å². The molecule has 0 saturated carbocycles. The monoisotopic (exact) mass is 660 g/mol. The van der Waals surface area contributed by atoms with E-state index in [2.05, 4.69) is 179 Å². The van der Waals surface area contributed by atoms with Crippen LogP contribution in [0, 0.1) is 0 Å². The molecule has 0 amide bonds. The van der Waals surface area contributed by atoms with Gasteiger partial charge in [-0.05, 0) is 58.3 Å². The SMILES string of the molecule is c1ccc(-c2ccc(-c3nc(-n4c5ccc6ccccc6c5c5c6c7ccccc7n7c8ccccc8c(cc54)c67)c4ccccc4n3)cc2)cc1. The summed E-state index contributed by atoms with van der Waals surface area (Å²) in [4.78, 5) is 10.6. The average Bonchev–Trinajstić information content (AvgIpc) is 3.85. The maximum Gasteiger partial charge on any atom is 0.162 e. The largest absolute Gasteiger partial charge is 0.308 e. The third-order valence-electron chi connectivity index (χ3n) is 11.0. The van der Waals surface area contributed by atoms with Gasteiger partial charge in [0, 0.05) is 43.3 Å². The Kier molecular flexibility index (Phi) is 5.47. The smallest absolute Gasteiger partial charge is 0.162 e. The van der Waals surface area contributed by atoms with Gasteiger partial charge >= 0.3 is 0 Å². The Morgan fingerprint density at radius 2 is 1.00 bits per heavy atom. The summed E-state index contributed by atoms with van der Waals surface area (Å²) < 4.78 is 4.88. The number of rotatable bonds is 3. The summed E-state index contributed by atoms with van der Waals surface area (Å²) in [5, 5.41) is 11.0. The first-order valence-corrected chi connectivity index (χ1v) is 17.8. The number of para-hydroxylation sites is 3. The molecular weight excluding hydrogens is 633 g/mol. The zero-order valence-electron chi connectivity index (χ0n) is 28.0. The van der Waals surface area contributed by atoms with Crippen molar-refractivity contribution in [1.29, 1.82) is 0 Å². The van der Waals surface area contributed by atoms with Crippen molar-refractivity contribution in [3.05, 3.63) is 170 Å². The third kappa shape index (κ3) is 3.65. The molecule has 0 fully saturated rings. The van der Waals surface area contributed by atoms with Crippen LogP contribution in [-0.2, 0) is 0 Å². The van der Waals surface area contributed by atoms with Gasteiger partial charge in [0.2, 0.25) is 0 Å². The van der Waals surface area contributed by atoms with Gasteiger partial charge in [0.25, 0.3) is 0 Å². The molecule has 12 aromatic rings. The number of hydrogen-bond acceptors (Lipinski definition) is 2. The molecule has 0 atom stereocenters. The molecule has 0 radical (unpaired) electrons. The summed E-state index contributed by atoms with van der Waals surface area (Å²) in [7, 11) is 0. The van der Waals surface area contributed by atoms with Gasteiger partial charge in [-0.25, -0.2) is 9.97 Å². The van der Waals surface area contributed by atoms with Crippen molar-refractivity contribution in [3.63, 3.8) is 0 Å². The molecule has 8 aromatic carbocycles. The lowest BCUT2D eigenvalue weighted by Crippen LogP contribution is -2.02. The molecule has 0 N–H and O–H groups in total. The van der Waals surface area contributed by atoms with Gasteiger partial charge in [-0.1, -0.05) is 133 Å². The first-order chi connectivity index (χ1) is 25.8. The molecule has 4 heteroatoms. The summed E-state index contributed by atoms with van der Waals surface area (Å²) in [6.07, 6.45) is 0. The quantitative estimate of drug-likeness (QED) is 0.189. The summed E-state index contributed by atoms with van der Waals surface area (Å²) in [6.45, 7) is 0. The normalized spacial score (nSPS) is 12.2. The van der Waals surface area contributed by atoms with E-state index in [0.29, 0.717) is 5.82 Å². The van der Waals surface area contributed by atoms with Gasteiger partial charge in [-0.3, -0.25) is 4.57 Å². The zero-order valence-corrected chi connectivity index (χ0v) is 28.0. The Bertz CT molecular complexity index is 3390. The lowest BCUT2D eigenvalue weighted by atomic mass is 9.99. The van der Waals surface area contributed by atoms with E-state index in [1.807, 2.05) is 0 Å². The van der Waals surface area contributed by atoms with Crippen LogP contribution in [0.5, 0.6) is 0 Å². The Morgan fingerprint density at radius 3 is 1.83 bits per heavy atom. The molecular formula is C48H28N4. The van der Waals surface area contributed by atoms with E-state index in [-0.39, 0.29) is 0 Å². The Hall–Kier alpha value is -7.04. The fraction of sp³-hybridized carbons (Fsp3) is 0. The predicted octanol–water partition coefficient (Wildman–Crippen LogP) is 12.4. The fourth-order valence-corrected chi connectivity index (χ4v) is 8.80. The molecule has 0 spiro atoms. The van der Waals surface area contributed by atoms with Crippen molar-refractivity contribution in [1.82, 2.24) is 18.9 Å². The predicted molar refractivity (Wildman–Crippen MR) is 217 cm³/mol. The Balaban J connectivity index is 1.26. The van der Waals surface area contributed by atoms with Crippen molar-refractivity contribution in [3.8, 4) is 28.3 Å². The molecule has 12 rings (SSSR count). The molecule has 4 heterocycles. The number of nitrogens with zero attached hydrogens (tertiary/aromatic N) is 4. The van der Waals surface area contributed by atoms with Crippen molar-refractivity contribution < 1.29 is 0 Å². The lowest BCUT2D eigenvalue weighted by molar-refractivity contribution is 1.08. The van der Waals surface area contributed by atoms with Crippen molar-refractivity contribution in [2.45, 2.75) is 0 Å². The third-order valence-corrected chi connectivity index (χ3v) is 11.0. The van der Waals surface area contributed by atoms with E-state index < -0.39 is 0 Å². The summed E-state index contributed by atoms with van der Waals surface area (Å²) in [5.74, 6) is 1.58. The average molecular weight is 661 g/mol. The molecule has 4 aromatic heterocycles. The van der Waals surface area contributed by atoms with E-state index >= 15 is 0 Å². The summed E-state index contributed by atoms with van der Waals surface area (Å²) in [6, 6.07) is 61.0. The van der Waals surface area contributed by atoms with E-state index in [0.717, 1.165) is 33.3 Å².